The van der Waals surface area contributed by atoms with Crippen LogP contribution < -0.4 is 10.5 Å². The van der Waals surface area contributed by atoms with E-state index in [-0.39, 0.29) is 11.2 Å². The quantitative estimate of drug-likeness (QED) is 0.732. The average Bonchev–Trinajstić information content (AvgIpc) is 2.33. The topological polar surface area (TPSA) is 75.7 Å². The van der Waals surface area contributed by atoms with Crippen LogP contribution in [-0.2, 0) is 0 Å². The van der Waals surface area contributed by atoms with Gasteiger partial charge in [0.15, 0.2) is 11.5 Å². The summed E-state index contributed by atoms with van der Waals surface area (Å²) in [5.41, 5.74) is 6.45. The van der Waals surface area contributed by atoms with Gasteiger partial charge in [0.25, 0.3) is 0 Å². The molecule has 0 saturated carbocycles. The Kier molecular flexibility index (Phi) is 5.28. The van der Waals surface area contributed by atoms with Crippen LogP contribution in [0.15, 0.2) is 15.0 Å². The van der Waals surface area contributed by atoms with Crippen LogP contribution in [0.3, 0.4) is 0 Å². The van der Waals surface area contributed by atoms with Gasteiger partial charge >= 0.3 is 0 Å². The molecule has 4 N–H and O–H groups in total. The monoisotopic (exact) mass is 395 g/mol. The molecule has 0 aliphatic rings. The summed E-state index contributed by atoms with van der Waals surface area (Å²) in [7, 11) is 1.46. The number of hydrogen-bond donors (Lipinski definition) is 3. The molecule has 0 amide bonds. The molecule has 0 spiro atoms. The van der Waals surface area contributed by atoms with E-state index in [2.05, 4.69) is 31.9 Å². The summed E-state index contributed by atoms with van der Waals surface area (Å²) in [4.78, 5) is 0. The fraction of sp³-hybridized carbons (Fsp3) is 0.538. The number of ether oxygens (including phenoxy) is 1. The van der Waals surface area contributed by atoms with Crippen LogP contribution in [0, 0.1) is 5.41 Å². The lowest BCUT2D eigenvalue weighted by Crippen LogP contribution is -2.37. The minimum Gasteiger partial charge on any atom is -0.503 e. The minimum atomic E-state index is -0.732. The first-order valence-electron chi connectivity index (χ1n) is 5.79. The first-order chi connectivity index (χ1) is 8.61. The van der Waals surface area contributed by atoms with Crippen molar-refractivity contribution in [2.24, 2.45) is 11.1 Å². The molecule has 0 radical (unpaired) electrons. The Morgan fingerprint density at radius 3 is 2.21 bits per heavy atom. The maximum Gasteiger partial charge on any atom is 0.173 e. The standard InChI is InChI=1S/C13H19Br2NO3/c1-13(2,3)12(18)10(16)6-5-7(19-4)11(17)9(15)8(6)14/h5,10,12,17-18H,16H2,1-4H3/t10-,12-/m0/s1. The van der Waals surface area contributed by atoms with E-state index in [9.17, 15) is 10.2 Å². The summed E-state index contributed by atoms with van der Waals surface area (Å²) in [6.07, 6.45) is -0.732. The molecular weight excluding hydrogens is 378 g/mol. The molecule has 1 rings (SSSR count). The van der Waals surface area contributed by atoms with Crippen LogP contribution in [0.1, 0.15) is 32.4 Å². The van der Waals surface area contributed by atoms with Crippen molar-refractivity contribution in [3.8, 4) is 11.5 Å². The number of halogens is 2. The fourth-order valence-electron chi connectivity index (χ4n) is 1.72. The van der Waals surface area contributed by atoms with E-state index in [1.54, 1.807) is 6.07 Å². The highest BCUT2D eigenvalue weighted by molar-refractivity contribution is 9.13. The highest BCUT2D eigenvalue weighted by atomic mass is 79.9. The summed E-state index contributed by atoms with van der Waals surface area (Å²) < 4.78 is 6.17. The van der Waals surface area contributed by atoms with Crippen molar-refractivity contribution < 1.29 is 14.9 Å². The van der Waals surface area contributed by atoms with Crippen molar-refractivity contribution >= 4 is 31.9 Å². The van der Waals surface area contributed by atoms with Crippen LogP contribution in [0.25, 0.3) is 0 Å². The summed E-state index contributed by atoms with van der Waals surface area (Å²) in [6, 6.07) is 1.03. The SMILES string of the molecule is COc1cc([C@H](N)[C@H](O)C(C)(C)C)c(Br)c(Br)c1O. The molecule has 0 aliphatic carbocycles. The number of aliphatic hydroxyl groups is 1. The first kappa shape index (κ1) is 16.8. The van der Waals surface area contributed by atoms with Crippen LogP contribution in [0.4, 0.5) is 0 Å². The van der Waals surface area contributed by atoms with E-state index in [0.29, 0.717) is 20.3 Å². The first-order valence-corrected chi connectivity index (χ1v) is 7.38. The number of aromatic hydroxyl groups is 1. The van der Waals surface area contributed by atoms with Crippen LogP contribution >= 0.6 is 31.9 Å². The smallest absolute Gasteiger partial charge is 0.173 e. The Balaban J connectivity index is 3.31. The van der Waals surface area contributed by atoms with Crippen LogP contribution in [-0.4, -0.2) is 23.4 Å². The number of nitrogens with two attached hydrogens (primary N) is 1. The van der Waals surface area contributed by atoms with Gasteiger partial charge in [0.05, 0.1) is 23.7 Å². The van der Waals surface area contributed by atoms with Crippen molar-refractivity contribution in [3.63, 3.8) is 0 Å². The summed E-state index contributed by atoms with van der Waals surface area (Å²) in [6.45, 7) is 5.74. The lowest BCUT2D eigenvalue weighted by molar-refractivity contribution is 0.0398. The molecule has 0 saturated heterocycles. The van der Waals surface area contributed by atoms with E-state index >= 15 is 0 Å². The maximum atomic E-state index is 10.3. The van der Waals surface area contributed by atoms with Gasteiger partial charge in [0.1, 0.15) is 0 Å². The molecule has 4 nitrogen and oxygen atoms in total. The highest BCUT2D eigenvalue weighted by Crippen LogP contribution is 2.44. The summed E-state index contributed by atoms with van der Waals surface area (Å²) in [5.74, 6) is 0.303. The summed E-state index contributed by atoms with van der Waals surface area (Å²) in [5, 5.41) is 20.2. The molecule has 0 aromatic heterocycles. The highest BCUT2D eigenvalue weighted by Gasteiger charge is 2.31. The number of aliphatic hydroxyl groups excluding tert-OH is 1. The molecule has 1 aromatic carbocycles. The van der Waals surface area contributed by atoms with Gasteiger partial charge < -0.3 is 20.7 Å². The summed E-state index contributed by atoms with van der Waals surface area (Å²) >= 11 is 6.65. The van der Waals surface area contributed by atoms with Crippen molar-refractivity contribution in [1.29, 1.82) is 0 Å². The molecule has 108 valence electrons. The Morgan fingerprint density at radius 2 is 1.79 bits per heavy atom. The third kappa shape index (κ3) is 3.42. The van der Waals surface area contributed by atoms with E-state index in [4.69, 9.17) is 10.5 Å². The van der Waals surface area contributed by atoms with Gasteiger partial charge in [-0.15, -0.1) is 0 Å². The van der Waals surface area contributed by atoms with E-state index in [1.165, 1.54) is 7.11 Å². The molecule has 0 fully saturated rings. The lowest BCUT2D eigenvalue weighted by Gasteiger charge is -2.31. The van der Waals surface area contributed by atoms with Gasteiger partial charge in [-0.2, -0.15) is 0 Å². The molecule has 2 atom stereocenters. The van der Waals surface area contributed by atoms with Crippen LogP contribution in [0.5, 0.6) is 11.5 Å². The van der Waals surface area contributed by atoms with Gasteiger partial charge in [-0.25, -0.2) is 0 Å². The lowest BCUT2D eigenvalue weighted by atomic mass is 9.82. The number of rotatable bonds is 3. The third-order valence-electron chi connectivity index (χ3n) is 2.98. The van der Waals surface area contributed by atoms with E-state index < -0.39 is 12.1 Å². The van der Waals surface area contributed by atoms with Gasteiger partial charge in [-0.05, 0) is 48.9 Å². The Morgan fingerprint density at radius 1 is 1.26 bits per heavy atom. The van der Waals surface area contributed by atoms with Gasteiger partial charge in [0, 0.05) is 4.47 Å². The number of benzene rings is 1. The predicted octanol–water partition coefficient (Wildman–Crippen LogP) is 3.33. The second-order valence-electron chi connectivity index (χ2n) is 5.48. The largest absolute Gasteiger partial charge is 0.503 e. The molecule has 19 heavy (non-hydrogen) atoms. The molecule has 0 unspecified atom stereocenters. The molecule has 0 heterocycles. The Labute approximate surface area is 130 Å². The van der Waals surface area contributed by atoms with Gasteiger partial charge in [-0.1, -0.05) is 20.8 Å². The van der Waals surface area contributed by atoms with Crippen molar-refractivity contribution in [1.82, 2.24) is 0 Å². The predicted molar refractivity (Wildman–Crippen MR) is 82.4 cm³/mol. The second kappa shape index (κ2) is 5.99. The van der Waals surface area contributed by atoms with Crippen molar-refractivity contribution in [2.45, 2.75) is 32.9 Å². The molecular formula is C13H19Br2NO3. The maximum absolute atomic E-state index is 10.3. The number of phenols is 1. The van der Waals surface area contributed by atoms with Crippen molar-refractivity contribution in [2.75, 3.05) is 7.11 Å². The van der Waals surface area contributed by atoms with Gasteiger partial charge in [0.2, 0.25) is 0 Å². The number of hydrogen-bond acceptors (Lipinski definition) is 4. The second-order valence-corrected chi connectivity index (χ2v) is 7.07. The Bertz CT molecular complexity index is 472. The zero-order chi connectivity index (χ0) is 15.0. The van der Waals surface area contributed by atoms with E-state index in [1.807, 2.05) is 20.8 Å². The van der Waals surface area contributed by atoms with Gasteiger partial charge in [-0.3, -0.25) is 0 Å². The minimum absolute atomic E-state index is 0.00410. The molecule has 0 aliphatic heterocycles. The number of phenolic OH excluding ortho intramolecular Hbond substituents is 1. The van der Waals surface area contributed by atoms with E-state index in [0.717, 1.165) is 0 Å². The zero-order valence-electron chi connectivity index (χ0n) is 11.4. The normalized spacial score (nSPS) is 15.2. The molecule has 0 bridgehead atoms. The number of methoxy groups -OCH3 is 1. The van der Waals surface area contributed by atoms with Crippen LogP contribution in [0.2, 0.25) is 0 Å². The Hall–Kier alpha value is -0.300. The molecule has 1 aromatic rings. The molecule has 6 heteroatoms. The average molecular weight is 397 g/mol. The van der Waals surface area contributed by atoms with Crippen molar-refractivity contribution in [3.05, 3.63) is 20.6 Å². The zero-order valence-corrected chi connectivity index (χ0v) is 14.5. The third-order valence-corrected chi connectivity index (χ3v) is 5.14. The fourth-order valence-corrected chi connectivity index (χ4v) is 2.71.